The van der Waals surface area contributed by atoms with E-state index in [2.05, 4.69) is 34.1 Å². The van der Waals surface area contributed by atoms with Gasteiger partial charge < -0.3 is 14.5 Å². The Kier molecular flexibility index (Phi) is 5.73. The molecule has 1 aliphatic rings. The lowest BCUT2D eigenvalue weighted by molar-refractivity contribution is -0.0295. The van der Waals surface area contributed by atoms with Crippen LogP contribution >= 0.6 is 0 Å². The average Bonchev–Trinajstić information content (AvgIpc) is 3.18. The van der Waals surface area contributed by atoms with Crippen molar-refractivity contribution in [1.29, 1.82) is 0 Å². The van der Waals surface area contributed by atoms with Crippen LogP contribution in [-0.4, -0.2) is 64.5 Å². The van der Waals surface area contributed by atoms with Gasteiger partial charge >= 0.3 is 0 Å². The van der Waals surface area contributed by atoms with Crippen molar-refractivity contribution in [3.8, 4) is 11.5 Å². The predicted molar refractivity (Wildman–Crippen MR) is 96.8 cm³/mol. The summed E-state index contributed by atoms with van der Waals surface area (Å²) in [6, 6.07) is 0. The van der Waals surface area contributed by atoms with Crippen molar-refractivity contribution in [1.82, 2.24) is 25.0 Å². The third-order valence-corrected chi connectivity index (χ3v) is 4.30. The lowest BCUT2D eigenvalue weighted by Crippen LogP contribution is -2.48. The highest BCUT2D eigenvalue weighted by Gasteiger charge is 2.23. The first-order chi connectivity index (χ1) is 12.4. The normalized spacial score (nSPS) is 18.4. The molecule has 0 unspecified atom stereocenters. The molecule has 0 spiro atoms. The highest BCUT2D eigenvalue weighted by Crippen LogP contribution is 2.21. The number of amides is 1. The predicted octanol–water partition coefficient (Wildman–Crippen LogP) is 1.47. The highest BCUT2D eigenvalue weighted by molar-refractivity contribution is 5.93. The van der Waals surface area contributed by atoms with E-state index in [0.29, 0.717) is 36.4 Å². The van der Waals surface area contributed by atoms with Crippen LogP contribution in [-0.2, 0) is 11.8 Å². The molecule has 26 heavy (non-hydrogen) atoms. The fourth-order valence-electron chi connectivity index (χ4n) is 3.14. The van der Waals surface area contributed by atoms with Gasteiger partial charge in [-0.15, -0.1) is 0 Å². The Balaban J connectivity index is 1.57. The van der Waals surface area contributed by atoms with Gasteiger partial charge in [0.25, 0.3) is 5.91 Å². The number of nitrogens with one attached hydrogen (secondary N) is 1. The maximum absolute atomic E-state index is 12.5. The maximum Gasteiger partial charge on any atom is 0.273 e. The molecule has 8 nitrogen and oxygen atoms in total. The third-order valence-electron chi connectivity index (χ3n) is 4.30. The van der Waals surface area contributed by atoms with E-state index in [1.807, 2.05) is 7.05 Å². The van der Waals surface area contributed by atoms with E-state index >= 15 is 0 Å². The number of aryl methyl sites for hydroxylation is 2. The van der Waals surface area contributed by atoms with E-state index in [1.165, 1.54) is 0 Å². The van der Waals surface area contributed by atoms with Crippen LogP contribution in [0.15, 0.2) is 16.8 Å². The summed E-state index contributed by atoms with van der Waals surface area (Å²) in [6.07, 6.45) is 3.45. The fraction of sp³-hybridized carbons (Fsp3) is 0.611. The van der Waals surface area contributed by atoms with Gasteiger partial charge in [-0.1, -0.05) is 13.8 Å². The standard InChI is InChI=1S/C18H27N5O3/c1-12(2)9-23-5-6-25-15(11-23)8-19-17(24)16-13(3)26-18(21-16)14-7-20-22(4)10-14/h7,10,12,15H,5-6,8-9,11H2,1-4H3,(H,19,24)/t15-/m0/s1. The van der Waals surface area contributed by atoms with Crippen LogP contribution in [0.5, 0.6) is 0 Å². The molecule has 8 heteroatoms. The van der Waals surface area contributed by atoms with Crippen molar-refractivity contribution in [3.63, 3.8) is 0 Å². The maximum atomic E-state index is 12.5. The topological polar surface area (TPSA) is 85.4 Å². The minimum atomic E-state index is -0.244. The second-order valence-corrected chi connectivity index (χ2v) is 7.18. The molecule has 142 valence electrons. The van der Waals surface area contributed by atoms with Crippen LogP contribution in [0.4, 0.5) is 0 Å². The van der Waals surface area contributed by atoms with E-state index in [4.69, 9.17) is 9.15 Å². The number of rotatable bonds is 6. The Hall–Kier alpha value is -2.19. The molecule has 2 aromatic heterocycles. The summed E-state index contributed by atoms with van der Waals surface area (Å²) in [6.45, 7) is 10.1. The molecule has 3 rings (SSSR count). The van der Waals surface area contributed by atoms with Gasteiger partial charge in [-0.2, -0.15) is 5.10 Å². The number of nitrogens with zero attached hydrogens (tertiary/aromatic N) is 4. The zero-order chi connectivity index (χ0) is 18.7. The van der Waals surface area contributed by atoms with Crippen LogP contribution in [0.25, 0.3) is 11.5 Å². The molecule has 0 aromatic carbocycles. The monoisotopic (exact) mass is 361 g/mol. The second kappa shape index (κ2) is 8.01. The van der Waals surface area contributed by atoms with E-state index in [0.717, 1.165) is 25.2 Å². The lowest BCUT2D eigenvalue weighted by Gasteiger charge is -2.33. The largest absolute Gasteiger partial charge is 0.440 e. The first-order valence-electron chi connectivity index (χ1n) is 9.01. The van der Waals surface area contributed by atoms with Gasteiger partial charge in [-0.25, -0.2) is 4.98 Å². The van der Waals surface area contributed by atoms with Gasteiger partial charge in [0, 0.05) is 39.4 Å². The minimum absolute atomic E-state index is 0.00329. The summed E-state index contributed by atoms with van der Waals surface area (Å²) in [5.41, 5.74) is 1.05. The number of oxazole rings is 1. The van der Waals surface area contributed by atoms with Crippen molar-refractivity contribution in [2.24, 2.45) is 13.0 Å². The summed E-state index contributed by atoms with van der Waals surface area (Å²) >= 11 is 0. The van der Waals surface area contributed by atoms with Gasteiger partial charge in [-0.05, 0) is 12.8 Å². The molecule has 2 aromatic rings. The molecule has 1 fully saturated rings. The van der Waals surface area contributed by atoms with Crippen LogP contribution < -0.4 is 5.32 Å². The molecular weight excluding hydrogens is 334 g/mol. The number of aromatic nitrogens is 3. The van der Waals surface area contributed by atoms with Crippen LogP contribution in [0.1, 0.15) is 30.1 Å². The minimum Gasteiger partial charge on any atom is -0.440 e. The highest BCUT2D eigenvalue weighted by atomic mass is 16.5. The first kappa shape index (κ1) is 18.6. The van der Waals surface area contributed by atoms with Crippen molar-refractivity contribution in [3.05, 3.63) is 23.8 Å². The SMILES string of the molecule is Cc1oc(-c2cnn(C)c2)nc1C(=O)NC[C@H]1CN(CC(C)C)CCO1. The summed E-state index contributed by atoms with van der Waals surface area (Å²) in [5, 5.41) is 7.02. The number of ether oxygens (including phenoxy) is 1. The molecule has 0 radical (unpaired) electrons. The van der Waals surface area contributed by atoms with Gasteiger partial charge in [0.1, 0.15) is 5.76 Å². The number of carbonyl (C=O) groups excluding carboxylic acids is 1. The van der Waals surface area contributed by atoms with Crippen molar-refractivity contribution >= 4 is 5.91 Å². The molecule has 1 atom stereocenters. The van der Waals surface area contributed by atoms with Crippen LogP contribution in [0.2, 0.25) is 0 Å². The van der Waals surface area contributed by atoms with Gasteiger partial charge in [-0.3, -0.25) is 14.4 Å². The molecular formula is C18H27N5O3. The molecule has 0 saturated carbocycles. The van der Waals surface area contributed by atoms with E-state index < -0.39 is 0 Å². The first-order valence-corrected chi connectivity index (χ1v) is 9.01. The fourth-order valence-corrected chi connectivity index (χ4v) is 3.14. The molecule has 1 amide bonds. The summed E-state index contributed by atoms with van der Waals surface area (Å²) in [5.74, 6) is 1.27. The molecule has 3 heterocycles. The lowest BCUT2D eigenvalue weighted by atomic mass is 10.2. The molecule has 0 aliphatic carbocycles. The second-order valence-electron chi connectivity index (χ2n) is 7.18. The third kappa shape index (κ3) is 4.50. The summed E-state index contributed by atoms with van der Waals surface area (Å²) in [4.78, 5) is 19.2. The Morgan fingerprint density at radius 3 is 2.96 bits per heavy atom. The zero-order valence-electron chi connectivity index (χ0n) is 15.9. The quantitative estimate of drug-likeness (QED) is 0.839. The molecule has 0 bridgehead atoms. The Bertz CT molecular complexity index is 752. The zero-order valence-corrected chi connectivity index (χ0v) is 15.9. The summed E-state index contributed by atoms with van der Waals surface area (Å²) in [7, 11) is 1.82. The van der Waals surface area contributed by atoms with Crippen LogP contribution in [0.3, 0.4) is 0 Å². The van der Waals surface area contributed by atoms with Crippen molar-refractivity contribution in [2.75, 3.05) is 32.8 Å². The molecule has 1 N–H and O–H groups in total. The van der Waals surface area contributed by atoms with Gasteiger partial charge in [0.2, 0.25) is 5.89 Å². The Labute approximate surface area is 153 Å². The van der Waals surface area contributed by atoms with E-state index in [-0.39, 0.29) is 12.0 Å². The molecule has 1 aliphatic heterocycles. The van der Waals surface area contributed by atoms with Crippen molar-refractivity contribution < 1.29 is 13.9 Å². The number of hydrogen-bond donors (Lipinski definition) is 1. The Morgan fingerprint density at radius 1 is 1.46 bits per heavy atom. The van der Waals surface area contributed by atoms with Crippen LogP contribution in [0, 0.1) is 12.8 Å². The van der Waals surface area contributed by atoms with Crippen molar-refractivity contribution in [2.45, 2.75) is 26.9 Å². The summed E-state index contributed by atoms with van der Waals surface area (Å²) < 4.78 is 13.1. The van der Waals surface area contributed by atoms with Gasteiger partial charge in [0.05, 0.1) is 24.5 Å². The smallest absolute Gasteiger partial charge is 0.273 e. The number of morpholine rings is 1. The average molecular weight is 361 g/mol. The number of carbonyl (C=O) groups is 1. The number of hydrogen-bond acceptors (Lipinski definition) is 6. The van der Waals surface area contributed by atoms with E-state index in [9.17, 15) is 4.79 Å². The van der Waals surface area contributed by atoms with E-state index in [1.54, 1.807) is 24.0 Å². The van der Waals surface area contributed by atoms with Gasteiger partial charge in [0.15, 0.2) is 5.69 Å². The molecule has 1 saturated heterocycles. The Morgan fingerprint density at radius 2 is 2.27 bits per heavy atom.